The molecule has 1 unspecified atom stereocenters. The minimum atomic E-state index is -0.287. The van der Waals surface area contributed by atoms with Crippen LogP contribution < -0.4 is 4.74 Å². The van der Waals surface area contributed by atoms with Crippen molar-refractivity contribution < 1.29 is 19.4 Å². The number of phenols is 1. The first-order valence-corrected chi connectivity index (χ1v) is 10.0. The monoisotopic (exact) mass is 407 g/mol. The number of methoxy groups -OCH3 is 1. The number of carbonyl (C=O) groups is 1. The minimum Gasteiger partial charge on any atom is -0.508 e. The highest BCUT2D eigenvalue weighted by Gasteiger charge is 2.41. The lowest BCUT2D eigenvalue weighted by atomic mass is 9.96. The lowest BCUT2D eigenvalue weighted by Crippen LogP contribution is -2.31. The number of fused-ring (bicyclic) bond motifs is 1. The van der Waals surface area contributed by atoms with Gasteiger partial charge in [0.25, 0.3) is 5.91 Å². The number of carbonyl (C=O) groups excluding carboxylic acids is 1. The largest absolute Gasteiger partial charge is 0.508 e. The van der Waals surface area contributed by atoms with Crippen LogP contribution in [0.25, 0.3) is 11.3 Å². The molecule has 1 atom stereocenters. The summed E-state index contributed by atoms with van der Waals surface area (Å²) in [5, 5.41) is 17.1. The van der Waals surface area contributed by atoms with Crippen LogP contribution in [0, 0.1) is 0 Å². The maximum Gasteiger partial charge on any atom is 0.273 e. The SMILES string of the molecule is CCOc1ccc(-c2n[nH]c3c2C(c2ccc(O)cc2)N(CCCOC)C3=O)cc1. The van der Waals surface area contributed by atoms with Gasteiger partial charge in [0, 0.05) is 31.4 Å². The lowest BCUT2D eigenvalue weighted by molar-refractivity contribution is 0.0723. The Morgan fingerprint density at radius 1 is 1.13 bits per heavy atom. The molecule has 7 nitrogen and oxygen atoms in total. The van der Waals surface area contributed by atoms with Gasteiger partial charge in [-0.05, 0) is 55.3 Å². The second-order valence-corrected chi connectivity index (χ2v) is 7.16. The molecule has 2 N–H and O–H groups in total. The second kappa shape index (κ2) is 8.59. The summed E-state index contributed by atoms with van der Waals surface area (Å²) in [5.74, 6) is 0.901. The zero-order valence-electron chi connectivity index (χ0n) is 17.1. The van der Waals surface area contributed by atoms with Gasteiger partial charge < -0.3 is 19.5 Å². The molecule has 1 aliphatic heterocycles. The van der Waals surface area contributed by atoms with Crippen molar-refractivity contribution in [2.24, 2.45) is 0 Å². The Morgan fingerprint density at radius 3 is 2.53 bits per heavy atom. The van der Waals surface area contributed by atoms with E-state index in [0.717, 1.165) is 34.6 Å². The fourth-order valence-corrected chi connectivity index (χ4v) is 3.91. The number of nitrogens with one attached hydrogen (secondary N) is 1. The first-order valence-electron chi connectivity index (χ1n) is 10.0. The topological polar surface area (TPSA) is 87.7 Å². The average molecular weight is 407 g/mol. The number of hydrogen-bond acceptors (Lipinski definition) is 5. The number of aromatic amines is 1. The van der Waals surface area contributed by atoms with Gasteiger partial charge in [0.1, 0.15) is 17.2 Å². The fourth-order valence-electron chi connectivity index (χ4n) is 3.91. The van der Waals surface area contributed by atoms with Gasteiger partial charge in [0.15, 0.2) is 0 Å². The fraction of sp³-hybridized carbons (Fsp3) is 0.304. The highest BCUT2D eigenvalue weighted by atomic mass is 16.5. The van der Waals surface area contributed by atoms with Crippen LogP contribution in [0.15, 0.2) is 48.5 Å². The molecule has 156 valence electrons. The van der Waals surface area contributed by atoms with Gasteiger partial charge in [0.05, 0.1) is 18.3 Å². The summed E-state index contributed by atoms with van der Waals surface area (Å²) in [4.78, 5) is 15.0. The molecule has 0 saturated carbocycles. The molecule has 0 aliphatic carbocycles. The van der Waals surface area contributed by atoms with Gasteiger partial charge in [0.2, 0.25) is 0 Å². The maximum absolute atomic E-state index is 13.2. The molecule has 3 aromatic rings. The number of aromatic hydroxyl groups is 1. The van der Waals surface area contributed by atoms with Crippen molar-refractivity contribution in [2.75, 3.05) is 26.9 Å². The standard InChI is InChI=1S/C23H25N3O4/c1-3-30-18-11-7-15(8-12-18)20-19-21(25-24-20)23(28)26(13-4-14-29-2)22(19)16-5-9-17(27)10-6-16/h5-12,22,27H,3-4,13-14H2,1-2H3,(H,24,25). The molecule has 0 saturated heterocycles. The van der Waals surface area contributed by atoms with E-state index in [-0.39, 0.29) is 17.7 Å². The minimum absolute atomic E-state index is 0.0798. The van der Waals surface area contributed by atoms with Crippen LogP contribution in [-0.4, -0.2) is 53.0 Å². The smallest absolute Gasteiger partial charge is 0.273 e. The summed E-state index contributed by atoms with van der Waals surface area (Å²) >= 11 is 0. The van der Waals surface area contributed by atoms with E-state index in [4.69, 9.17) is 9.47 Å². The zero-order valence-corrected chi connectivity index (χ0v) is 17.1. The molecule has 2 aromatic carbocycles. The van der Waals surface area contributed by atoms with Gasteiger partial charge in [-0.25, -0.2) is 0 Å². The van der Waals surface area contributed by atoms with Gasteiger partial charge in [-0.3, -0.25) is 9.89 Å². The molecular formula is C23H25N3O4. The van der Waals surface area contributed by atoms with Crippen LogP contribution in [-0.2, 0) is 4.74 Å². The van der Waals surface area contributed by atoms with E-state index in [1.165, 1.54) is 0 Å². The summed E-state index contributed by atoms with van der Waals surface area (Å²) < 4.78 is 10.7. The van der Waals surface area contributed by atoms with Gasteiger partial charge >= 0.3 is 0 Å². The molecular weight excluding hydrogens is 382 g/mol. The molecule has 1 aromatic heterocycles. The molecule has 1 aliphatic rings. The normalized spacial score (nSPS) is 15.5. The summed E-state index contributed by atoms with van der Waals surface area (Å²) in [6.07, 6.45) is 0.729. The molecule has 0 spiro atoms. The van der Waals surface area contributed by atoms with Crippen LogP contribution in [0.4, 0.5) is 0 Å². The number of benzene rings is 2. The molecule has 1 amide bonds. The third-order valence-corrected chi connectivity index (χ3v) is 5.26. The van der Waals surface area contributed by atoms with Crippen molar-refractivity contribution in [1.29, 1.82) is 0 Å². The highest BCUT2D eigenvalue weighted by molar-refractivity contribution is 6.00. The van der Waals surface area contributed by atoms with Crippen molar-refractivity contribution in [3.8, 4) is 22.8 Å². The van der Waals surface area contributed by atoms with E-state index in [2.05, 4.69) is 10.2 Å². The number of rotatable bonds is 8. The highest BCUT2D eigenvalue weighted by Crippen LogP contribution is 2.43. The first-order chi connectivity index (χ1) is 14.6. The number of hydrogen-bond donors (Lipinski definition) is 2. The summed E-state index contributed by atoms with van der Waals surface area (Å²) in [6.45, 7) is 3.68. The van der Waals surface area contributed by atoms with Crippen LogP contribution in [0.3, 0.4) is 0 Å². The molecule has 30 heavy (non-hydrogen) atoms. The molecule has 2 heterocycles. The van der Waals surface area contributed by atoms with E-state index in [1.54, 1.807) is 19.2 Å². The third-order valence-electron chi connectivity index (χ3n) is 5.26. The van der Waals surface area contributed by atoms with E-state index >= 15 is 0 Å². The Labute approximate surface area is 175 Å². The lowest BCUT2D eigenvalue weighted by Gasteiger charge is -2.26. The molecule has 7 heteroatoms. The van der Waals surface area contributed by atoms with Crippen molar-refractivity contribution in [1.82, 2.24) is 15.1 Å². The Morgan fingerprint density at radius 2 is 1.87 bits per heavy atom. The Bertz CT molecular complexity index is 1010. The summed E-state index contributed by atoms with van der Waals surface area (Å²) in [6, 6.07) is 14.4. The first kappa shape index (κ1) is 20.0. The predicted octanol–water partition coefficient (Wildman–Crippen LogP) is 3.76. The number of nitrogens with zero attached hydrogens (tertiary/aromatic N) is 2. The molecule has 0 fully saturated rings. The van der Waals surface area contributed by atoms with Crippen molar-refractivity contribution in [3.63, 3.8) is 0 Å². The summed E-state index contributed by atoms with van der Waals surface area (Å²) in [5.41, 5.74) is 3.94. The third kappa shape index (κ3) is 3.64. The van der Waals surface area contributed by atoms with Gasteiger partial charge in [-0.15, -0.1) is 0 Å². The van der Waals surface area contributed by atoms with Gasteiger partial charge in [-0.1, -0.05) is 12.1 Å². The van der Waals surface area contributed by atoms with Crippen LogP contribution in [0.5, 0.6) is 11.5 Å². The van der Waals surface area contributed by atoms with Crippen LogP contribution in [0.2, 0.25) is 0 Å². The molecule has 4 rings (SSSR count). The van der Waals surface area contributed by atoms with Gasteiger partial charge in [-0.2, -0.15) is 5.10 Å². The number of phenolic OH excluding ortho intramolecular Hbond substituents is 1. The number of ether oxygens (including phenoxy) is 2. The predicted molar refractivity (Wildman–Crippen MR) is 113 cm³/mol. The Balaban J connectivity index is 1.76. The van der Waals surface area contributed by atoms with E-state index in [0.29, 0.717) is 25.5 Å². The zero-order chi connectivity index (χ0) is 21.1. The molecule has 0 radical (unpaired) electrons. The number of amides is 1. The number of aromatic nitrogens is 2. The van der Waals surface area contributed by atoms with Crippen molar-refractivity contribution in [3.05, 3.63) is 65.4 Å². The Hall–Kier alpha value is -3.32. The van der Waals surface area contributed by atoms with Crippen LogP contribution >= 0.6 is 0 Å². The van der Waals surface area contributed by atoms with Crippen LogP contribution in [0.1, 0.15) is 41.0 Å². The van der Waals surface area contributed by atoms with E-state index < -0.39 is 0 Å². The Kier molecular flexibility index (Phi) is 5.72. The second-order valence-electron chi connectivity index (χ2n) is 7.16. The van der Waals surface area contributed by atoms with Crippen molar-refractivity contribution >= 4 is 5.91 Å². The maximum atomic E-state index is 13.2. The van der Waals surface area contributed by atoms with E-state index in [1.807, 2.05) is 48.2 Å². The quantitative estimate of drug-likeness (QED) is 0.555. The molecule has 0 bridgehead atoms. The summed E-state index contributed by atoms with van der Waals surface area (Å²) in [7, 11) is 1.65. The van der Waals surface area contributed by atoms with E-state index in [9.17, 15) is 9.90 Å². The van der Waals surface area contributed by atoms with Crippen molar-refractivity contribution in [2.45, 2.75) is 19.4 Å². The number of H-pyrrole nitrogens is 1. The average Bonchev–Trinajstić information content (AvgIpc) is 3.29.